The molecule has 1 aromatic rings. The first kappa shape index (κ1) is 8.56. The summed E-state index contributed by atoms with van der Waals surface area (Å²) in [5.74, 6) is -1.07. The van der Waals surface area contributed by atoms with Gasteiger partial charge in [-0.15, -0.1) is 0 Å². The number of carboxylic acid groups (broad SMARTS) is 1. The second-order valence-corrected chi connectivity index (χ2v) is 3.54. The van der Waals surface area contributed by atoms with Crippen molar-refractivity contribution in [3.8, 4) is 0 Å². The van der Waals surface area contributed by atoms with Crippen molar-refractivity contribution in [3.63, 3.8) is 0 Å². The van der Waals surface area contributed by atoms with Crippen molar-refractivity contribution in [1.29, 1.82) is 0 Å². The molecule has 2 heterocycles. The van der Waals surface area contributed by atoms with Gasteiger partial charge in [-0.3, -0.25) is 4.79 Å². The average molecular weight is 201 g/mol. The molecule has 0 amide bonds. The van der Waals surface area contributed by atoms with E-state index in [2.05, 4.69) is 4.98 Å². The number of nitrogens with zero attached hydrogens (tertiary/aromatic N) is 2. The van der Waals surface area contributed by atoms with Gasteiger partial charge in [0.1, 0.15) is 0 Å². The highest BCUT2D eigenvalue weighted by Gasteiger charge is 2.25. The van der Waals surface area contributed by atoms with Gasteiger partial charge >= 0.3 is 5.97 Å². The average Bonchev–Trinajstić information content (AvgIpc) is 2.47. The summed E-state index contributed by atoms with van der Waals surface area (Å²) >= 11 is 5.79. The van der Waals surface area contributed by atoms with Crippen LogP contribution in [0.1, 0.15) is 12.1 Å². The molecule has 0 aromatic carbocycles. The van der Waals surface area contributed by atoms with Crippen LogP contribution in [0.2, 0.25) is 5.28 Å². The van der Waals surface area contributed by atoms with E-state index < -0.39 is 5.97 Å². The standard InChI is InChI=1S/C8H9ClN2O2/c9-8-10-3-6-2-1-5(7(12)13)4-11(6)8/h3,5H,1-2,4H2,(H,12,13). The number of hydrogen-bond acceptors (Lipinski definition) is 2. The summed E-state index contributed by atoms with van der Waals surface area (Å²) in [6, 6.07) is 0. The second-order valence-electron chi connectivity index (χ2n) is 3.20. The lowest BCUT2D eigenvalue weighted by Crippen LogP contribution is -2.26. The van der Waals surface area contributed by atoms with E-state index in [4.69, 9.17) is 16.7 Å². The Hall–Kier alpha value is -1.03. The first-order valence-corrected chi connectivity index (χ1v) is 4.49. The molecule has 5 heteroatoms. The second kappa shape index (κ2) is 3.03. The minimum Gasteiger partial charge on any atom is -0.481 e. The van der Waals surface area contributed by atoms with E-state index in [-0.39, 0.29) is 5.92 Å². The molecule has 0 bridgehead atoms. The largest absolute Gasteiger partial charge is 0.481 e. The molecule has 0 fully saturated rings. The maximum absolute atomic E-state index is 10.7. The van der Waals surface area contributed by atoms with Gasteiger partial charge in [0.25, 0.3) is 0 Å². The van der Waals surface area contributed by atoms with Crippen molar-refractivity contribution in [3.05, 3.63) is 17.2 Å². The normalized spacial score (nSPS) is 21.2. The Labute approximate surface area is 80.1 Å². The molecular weight excluding hydrogens is 192 g/mol. The molecule has 0 saturated carbocycles. The smallest absolute Gasteiger partial charge is 0.308 e. The van der Waals surface area contributed by atoms with Crippen LogP contribution in [0.3, 0.4) is 0 Å². The zero-order chi connectivity index (χ0) is 9.42. The van der Waals surface area contributed by atoms with E-state index in [1.54, 1.807) is 10.8 Å². The molecule has 4 nitrogen and oxygen atoms in total. The summed E-state index contributed by atoms with van der Waals surface area (Å²) in [5.41, 5.74) is 1.03. The van der Waals surface area contributed by atoms with Gasteiger partial charge in [0.05, 0.1) is 5.92 Å². The number of carbonyl (C=O) groups is 1. The number of fused-ring (bicyclic) bond motifs is 1. The Kier molecular flexibility index (Phi) is 2.00. The van der Waals surface area contributed by atoms with Crippen molar-refractivity contribution >= 4 is 17.6 Å². The number of halogens is 1. The fourth-order valence-corrected chi connectivity index (χ4v) is 1.84. The molecule has 0 spiro atoms. The predicted molar refractivity (Wildman–Crippen MR) is 46.7 cm³/mol. The van der Waals surface area contributed by atoms with Gasteiger partial charge in [0.15, 0.2) is 0 Å². The van der Waals surface area contributed by atoms with Crippen LogP contribution in [0, 0.1) is 5.92 Å². The van der Waals surface area contributed by atoms with Crippen molar-refractivity contribution in [2.45, 2.75) is 19.4 Å². The molecule has 70 valence electrons. The first-order chi connectivity index (χ1) is 6.18. The third-order valence-corrected chi connectivity index (χ3v) is 2.69. The van der Waals surface area contributed by atoms with E-state index in [0.29, 0.717) is 18.2 Å². The molecule has 2 rings (SSSR count). The van der Waals surface area contributed by atoms with Crippen molar-refractivity contribution < 1.29 is 9.90 Å². The molecule has 1 aliphatic rings. The Morgan fingerprint density at radius 3 is 3.23 bits per heavy atom. The summed E-state index contributed by atoms with van der Waals surface area (Å²) in [7, 11) is 0. The van der Waals surface area contributed by atoms with Gasteiger partial charge in [0.2, 0.25) is 5.28 Å². The monoisotopic (exact) mass is 200 g/mol. The van der Waals surface area contributed by atoms with Crippen LogP contribution in [-0.4, -0.2) is 20.6 Å². The van der Waals surface area contributed by atoms with Crippen LogP contribution in [0.25, 0.3) is 0 Å². The molecule has 1 aliphatic heterocycles. The van der Waals surface area contributed by atoms with Crippen LogP contribution < -0.4 is 0 Å². The fourth-order valence-electron chi connectivity index (χ4n) is 1.61. The third-order valence-electron chi connectivity index (χ3n) is 2.39. The Bertz CT molecular complexity index is 348. The molecule has 0 aliphatic carbocycles. The number of imidazole rings is 1. The molecule has 1 N–H and O–H groups in total. The summed E-state index contributed by atoms with van der Waals surface area (Å²) in [5, 5.41) is 9.21. The minimum atomic E-state index is -0.754. The van der Waals surface area contributed by atoms with E-state index in [9.17, 15) is 4.79 Å². The van der Waals surface area contributed by atoms with Crippen LogP contribution in [-0.2, 0) is 17.8 Å². The number of aliphatic carboxylic acids is 1. The third kappa shape index (κ3) is 1.42. The highest BCUT2D eigenvalue weighted by molar-refractivity contribution is 6.28. The Balaban J connectivity index is 2.27. The quantitative estimate of drug-likeness (QED) is 0.741. The summed E-state index contributed by atoms with van der Waals surface area (Å²) in [6.07, 6.45) is 3.13. The summed E-state index contributed by atoms with van der Waals surface area (Å²) < 4.78 is 1.77. The maximum Gasteiger partial charge on any atom is 0.308 e. The van der Waals surface area contributed by atoms with Crippen LogP contribution in [0.5, 0.6) is 0 Å². The van der Waals surface area contributed by atoms with Gasteiger partial charge in [-0.1, -0.05) is 0 Å². The van der Waals surface area contributed by atoms with Crippen LogP contribution >= 0.6 is 11.6 Å². The highest BCUT2D eigenvalue weighted by Crippen LogP contribution is 2.23. The van der Waals surface area contributed by atoms with Crippen molar-refractivity contribution in [2.24, 2.45) is 5.92 Å². The van der Waals surface area contributed by atoms with E-state index in [0.717, 1.165) is 12.1 Å². The van der Waals surface area contributed by atoms with E-state index in [1.165, 1.54) is 0 Å². The van der Waals surface area contributed by atoms with E-state index >= 15 is 0 Å². The molecule has 1 unspecified atom stereocenters. The first-order valence-electron chi connectivity index (χ1n) is 4.11. The molecule has 13 heavy (non-hydrogen) atoms. The van der Waals surface area contributed by atoms with Gasteiger partial charge in [-0.05, 0) is 24.4 Å². The number of hydrogen-bond donors (Lipinski definition) is 1. The molecule has 1 atom stereocenters. The van der Waals surface area contributed by atoms with Gasteiger partial charge in [0, 0.05) is 18.4 Å². The lowest BCUT2D eigenvalue weighted by molar-refractivity contribution is -0.142. The van der Waals surface area contributed by atoms with Gasteiger partial charge in [-0.25, -0.2) is 4.98 Å². The minimum absolute atomic E-state index is 0.320. The SMILES string of the molecule is O=C(O)C1CCc2cnc(Cl)n2C1. The van der Waals surface area contributed by atoms with Crippen LogP contribution in [0.15, 0.2) is 6.20 Å². The lowest BCUT2D eigenvalue weighted by Gasteiger charge is -2.20. The maximum atomic E-state index is 10.7. The molecular formula is C8H9ClN2O2. The molecule has 0 saturated heterocycles. The molecule has 1 aromatic heterocycles. The number of aromatic nitrogens is 2. The van der Waals surface area contributed by atoms with E-state index in [1.807, 2.05) is 0 Å². The number of aryl methyl sites for hydroxylation is 1. The predicted octanol–water partition coefficient (Wildman–Crippen LogP) is 1.18. The van der Waals surface area contributed by atoms with Gasteiger partial charge < -0.3 is 9.67 Å². The number of carboxylic acids is 1. The van der Waals surface area contributed by atoms with Crippen molar-refractivity contribution in [1.82, 2.24) is 9.55 Å². The zero-order valence-electron chi connectivity index (χ0n) is 6.90. The van der Waals surface area contributed by atoms with Gasteiger partial charge in [-0.2, -0.15) is 0 Å². The zero-order valence-corrected chi connectivity index (χ0v) is 7.66. The van der Waals surface area contributed by atoms with Crippen LogP contribution in [0.4, 0.5) is 0 Å². The van der Waals surface area contributed by atoms with Crippen molar-refractivity contribution in [2.75, 3.05) is 0 Å². The Morgan fingerprint density at radius 1 is 1.77 bits per heavy atom. The Morgan fingerprint density at radius 2 is 2.54 bits per heavy atom. The summed E-state index contributed by atoms with van der Waals surface area (Å²) in [6.45, 7) is 0.448. The number of rotatable bonds is 1. The topological polar surface area (TPSA) is 55.1 Å². The lowest BCUT2D eigenvalue weighted by atomic mass is 9.99. The fraction of sp³-hybridized carbons (Fsp3) is 0.500. The highest BCUT2D eigenvalue weighted by atomic mass is 35.5. The summed E-state index contributed by atoms with van der Waals surface area (Å²) in [4.78, 5) is 14.6. The molecule has 0 radical (unpaired) electrons.